The van der Waals surface area contributed by atoms with Gasteiger partial charge in [0.1, 0.15) is 0 Å². The van der Waals surface area contributed by atoms with Gasteiger partial charge in [-0.15, -0.1) is 0 Å². The van der Waals surface area contributed by atoms with Gasteiger partial charge in [-0.3, -0.25) is 0 Å². The van der Waals surface area contributed by atoms with E-state index in [1.54, 1.807) is 4.31 Å². The molecule has 4 atom stereocenters. The fourth-order valence-electron chi connectivity index (χ4n) is 5.06. The molecule has 5 heteroatoms. The van der Waals surface area contributed by atoms with Crippen molar-refractivity contribution >= 4 is 10.2 Å². The van der Waals surface area contributed by atoms with Crippen LogP contribution in [0.2, 0.25) is 0 Å². The number of fused-ring (bicyclic) bond motifs is 2. The van der Waals surface area contributed by atoms with E-state index in [1.807, 2.05) is 6.92 Å². The lowest BCUT2D eigenvalue weighted by atomic mass is 9.69. The van der Waals surface area contributed by atoms with Gasteiger partial charge in [-0.1, -0.05) is 27.2 Å². The van der Waals surface area contributed by atoms with Crippen molar-refractivity contribution < 1.29 is 8.42 Å². The lowest BCUT2D eigenvalue weighted by Crippen LogP contribution is -2.54. The average molecular weight is 314 g/mol. The Morgan fingerprint density at radius 3 is 2.38 bits per heavy atom. The van der Waals surface area contributed by atoms with Gasteiger partial charge in [0.2, 0.25) is 0 Å². The molecule has 2 saturated carbocycles. The van der Waals surface area contributed by atoms with Crippen molar-refractivity contribution in [3.63, 3.8) is 0 Å². The van der Waals surface area contributed by atoms with E-state index in [-0.39, 0.29) is 22.9 Å². The summed E-state index contributed by atoms with van der Waals surface area (Å²) in [5.74, 6) is 0.661. The monoisotopic (exact) mass is 314 g/mol. The van der Waals surface area contributed by atoms with Crippen LogP contribution >= 0.6 is 0 Å². The van der Waals surface area contributed by atoms with Gasteiger partial charge in [-0.25, -0.2) is 0 Å². The molecule has 2 bridgehead atoms. The van der Waals surface area contributed by atoms with Crippen LogP contribution in [0.5, 0.6) is 0 Å². The zero-order chi connectivity index (χ0) is 15.5. The van der Waals surface area contributed by atoms with Crippen LogP contribution < -0.4 is 4.72 Å². The third-order valence-corrected chi connectivity index (χ3v) is 8.88. The quantitative estimate of drug-likeness (QED) is 0.871. The van der Waals surface area contributed by atoms with Crippen molar-refractivity contribution in [2.75, 3.05) is 6.54 Å². The maximum Gasteiger partial charge on any atom is 0.279 e. The van der Waals surface area contributed by atoms with Crippen LogP contribution in [0, 0.1) is 16.7 Å². The summed E-state index contributed by atoms with van der Waals surface area (Å²) in [5.41, 5.74) is 0.345. The number of hydrogen-bond acceptors (Lipinski definition) is 2. The lowest BCUT2D eigenvalue weighted by Gasteiger charge is -2.41. The molecular formula is C16H30N2O2S. The zero-order valence-electron chi connectivity index (χ0n) is 13.9. The van der Waals surface area contributed by atoms with Crippen molar-refractivity contribution in [2.45, 2.75) is 78.3 Å². The van der Waals surface area contributed by atoms with Crippen LogP contribution in [-0.2, 0) is 10.2 Å². The van der Waals surface area contributed by atoms with E-state index < -0.39 is 10.2 Å². The van der Waals surface area contributed by atoms with Crippen molar-refractivity contribution in [1.29, 1.82) is 0 Å². The van der Waals surface area contributed by atoms with E-state index >= 15 is 0 Å². The molecule has 1 saturated heterocycles. The van der Waals surface area contributed by atoms with Crippen molar-refractivity contribution in [2.24, 2.45) is 16.7 Å². The first-order valence-corrected chi connectivity index (χ1v) is 9.91. The van der Waals surface area contributed by atoms with E-state index in [9.17, 15) is 8.42 Å². The third-order valence-electron chi connectivity index (χ3n) is 7.14. The Morgan fingerprint density at radius 2 is 1.86 bits per heavy atom. The Kier molecular flexibility index (Phi) is 3.70. The molecule has 3 aliphatic rings. The lowest BCUT2D eigenvalue weighted by molar-refractivity contribution is 0.128. The normalized spacial score (nSPS) is 43.3. The summed E-state index contributed by atoms with van der Waals surface area (Å²) < 4.78 is 30.4. The standard InChI is InChI=1S/C16H30N2O2S/c1-12-7-5-6-10-18(12)21(19,20)17-14-11-13-8-9-16(14,4)15(13,2)3/h12-14,17H,5-11H2,1-4H3/t12-,13-,14+,16-/m1/s1. The Balaban J connectivity index is 1.78. The molecule has 1 heterocycles. The second kappa shape index (κ2) is 4.93. The van der Waals surface area contributed by atoms with E-state index in [4.69, 9.17) is 0 Å². The van der Waals surface area contributed by atoms with Crippen LogP contribution in [0.1, 0.15) is 66.2 Å². The molecule has 0 spiro atoms. The summed E-state index contributed by atoms with van der Waals surface area (Å²) in [6.07, 6.45) is 6.52. The summed E-state index contributed by atoms with van der Waals surface area (Å²) in [6.45, 7) is 9.63. The molecule has 0 radical (unpaired) electrons. The minimum atomic E-state index is -3.34. The molecule has 1 N–H and O–H groups in total. The Hall–Kier alpha value is -0.130. The van der Waals surface area contributed by atoms with Gasteiger partial charge in [0.15, 0.2) is 0 Å². The van der Waals surface area contributed by atoms with Gasteiger partial charge in [0, 0.05) is 18.6 Å². The third kappa shape index (κ3) is 2.27. The van der Waals surface area contributed by atoms with Gasteiger partial charge < -0.3 is 0 Å². The molecule has 3 fully saturated rings. The first-order valence-electron chi connectivity index (χ1n) is 8.47. The minimum absolute atomic E-state index is 0.101. The van der Waals surface area contributed by atoms with Gasteiger partial charge in [0.25, 0.3) is 10.2 Å². The molecule has 1 aliphatic heterocycles. The largest absolute Gasteiger partial charge is 0.279 e. The molecule has 0 amide bonds. The molecule has 0 aromatic heterocycles. The van der Waals surface area contributed by atoms with Gasteiger partial charge in [0.05, 0.1) is 0 Å². The van der Waals surface area contributed by atoms with Crippen LogP contribution in [0.25, 0.3) is 0 Å². The van der Waals surface area contributed by atoms with Crippen LogP contribution in [0.15, 0.2) is 0 Å². The number of nitrogens with one attached hydrogen (secondary N) is 1. The summed E-state index contributed by atoms with van der Waals surface area (Å²) in [7, 11) is -3.34. The van der Waals surface area contributed by atoms with E-state index in [0.717, 1.165) is 32.1 Å². The molecule has 0 aromatic carbocycles. The second-order valence-electron chi connectivity index (χ2n) is 8.24. The van der Waals surface area contributed by atoms with Crippen molar-refractivity contribution in [1.82, 2.24) is 9.03 Å². The summed E-state index contributed by atoms with van der Waals surface area (Å²) in [4.78, 5) is 0. The predicted octanol–water partition coefficient (Wildman–Crippen LogP) is 2.91. The molecule has 21 heavy (non-hydrogen) atoms. The maximum absolute atomic E-state index is 12.8. The highest BCUT2D eigenvalue weighted by atomic mass is 32.2. The zero-order valence-corrected chi connectivity index (χ0v) is 14.7. The predicted molar refractivity (Wildman–Crippen MR) is 85.1 cm³/mol. The molecule has 4 nitrogen and oxygen atoms in total. The Morgan fingerprint density at radius 1 is 1.14 bits per heavy atom. The first kappa shape index (κ1) is 15.8. The Bertz CT molecular complexity index is 516. The molecular weight excluding hydrogens is 284 g/mol. The van der Waals surface area contributed by atoms with Crippen molar-refractivity contribution in [3.8, 4) is 0 Å². The number of hydrogen-bond donors (Lipinski definition) is 1. The Labute approximate surface area is 129 Å². The van der Waals surface area contributed by atoms with Gasteiger partial charge in [-0.05, 0) is 55.8 Å². The molecule has 0 aromatic rings. The van der Waals surface area contributed by atoms with Crippen molar-refractivity contribution in [3.05, 3.63) is 0 Å². The highest BCUT2D eigenvalue weighted by molar-refractivity contribution is 7.87. The SMILES string of the molecule is C[C@@H]1CCCCN1S(=O)(=O)N[C@H]1C[C@H]2CC[C@@]1(C)C2(C)C. The van der Waals surface area contributed by atoms with E-state index in [2.05, 4.69) is 25.5 Å². The molecule has 2 aliphatic carbocycles. The van der Waals surface area contributed by atoms with E-state index in [1.165, 1.54) is 6.42 Å². The van der Waals surface area contributed by atoms with Gasteiger partial charge in [-0.2, -0.15) is 17.4 Å². The molecule has 3 rings (SSSR count). The fraction of sp³-hybridized carbons (Fsp3) is 1.00. The smallest absolute Gasteiger partial charge is 0.198 e. The van der Waals surface area contributed by atoms with E-state index in [0.29, 0.717) is 12.5 Å². The second-order valence-corrected chi connectivity index (χ2v) is 9.90. The number of piperidine rings is 1. The number of nitrogens with zero attached hydrogens (tertiary/aromatic N) is 1. The highest BCUT2D eigenvalue weighted by Gasteiger charge is 2.62. The first-order chi connectivity index (χ1) is 9.68. The van der Waals surface area contributed by atoms with Crippen LogP contribution in [0.4, 0.5) is 0 Å². The molecule has 122 valence electrons. The maximum atomic E-state index is 12.8. The van der Waals surface area contributed by atoms with Crippen LogP contribution in [0.3, 0.4) is 0 Å². The molecule has 0 unspecified atom stereocenters. The highest BCUT2D eigenvalue weighted by Crippen LogP contribution is 2.65. The number of rotatable bonds is 3. The summed E-state index contributed by atoms with van der Waals surface area (Å²) >= 11 is 0. The summed E-state index contributed by atoms with van der Waals surface area (Å²) in [5, 5.41) is 0. The fourth-order valence-corrected chi connectivity index (χ4v) is 6.86. The van der Waals surface area contributed by atoms with Crippen LogP contribution in [-0.4, -0.2) is 31.4 Å². The minimum Gasteiger partial charge on any atom is -0.198 e. The average Bonchev–Trinajstić information content (AvgIpc) is 2.72. The summed E-state index contributed by atoms with van der Waals surface area (Å²) in [6, 6.07) is 0.237. The van der Waals surface area contributed by atoms with Gasteiger partial charge >= 0.3 is 0 Å². The topological polar surface area (TPSA) is 49.4 Å².